The lowest BCUT2D eigenvalue weighted by atomic mass is 9.88. The first kappa shape index (κ1) is 18.9. The van der Waals surface area contributed by atoms with E-state index in [9.17, 15) is 9.59 Å². The minimum Gasteiger partial charge on any atom is -0.481 e. The molecule has 0 radical (unpaired) electrons. The van der Waals surface area contributed by atoms with Crippen molar-refractivity contribution >= 4 is 11.9 Å². The van der Waals surface area contributed by atoms with Gasteiger partial charge in [0.2, 0.25) is 5.91 Å². The van der Waals surface area contributed by atoms with Crippen molar-refractivity contribution in [3.8, 4) is 0 Å². The molecular formula is C15H30N2O3. The number of nitrogens with one attached hydrogen (secondary N) is 1. The topological polar surface area (TPSA) is 92.4 Å². The first-order chi connectivity index (χ1) is 9.36. The molecule has 2 unspecified atom stereocenters. The fraction of sp³-hybridized carbons (Fsp3) is 0.867. The summed E-state index contributed by atoms with van der Waals surface area (Å²) < 4.78 is 0. The van der Waals surface area contributed by atoms with Crippen molar-refractivity contribution in [3.05, 3.63) is 0 Å². The van der Waals surface area contributed by atoms with Crippen LogP contribution in [0.5, 0.6) is 0 Å². The summed E-state index contributed by atoms with van der Waals surface area (Å²) in [7, 11) is 0. The van der Waals surface area contributed by atoms with Crippen LogP contribution >= 0.6 is 0 Å². The summed E-state index contributed by atoms with van der Waals surface area (Å²) in [5.74, 6) is 0.496. The van der Waals surface area contributed by atoms with Crippen LogP contribution in [0.2, 0.25) is 0 Å². The van der Waals surface area contributed by atoms with Crippen molar-refractivity contribution in [3.63, 3.8) is 0 Å². The third kappa shape index (κ3) is 9.78. The van der Waals surface area contributed by atoms with Crippen LogP contribution in [0.15, 0.2) is 0 Å². The maximum atomic E-state index is 11.8. The molecule has 0 aliphatic heterocycles. The molecule has 0 aliphatic rings. The molecule has 0 bridgehead atoms. The monoisotopic (exact) mass is 286 g/mol. The van der Waals surface area contributed by atoms with Gasteiger partial charge in [-0.2, -0.15) is 0 Å². The van der Waals surface area contributed by atoms with E-state index < -0.39 is 5.97 Å². The fourth-order valence-corrected chi connectivity index (χ4v) is 2.19. The molecule has 0 aromatic carbocycles. The molecule has 0 fully saturated rings. The number of nitrogens with two attached hydrogens (primary N) is 1. The average Bonchev–Trinajstić information content (AvgIpc) is 2.38. The van der Waals surface area contributed by atoms with Crippen LogP contribution in [-0.4, -0.2) is 30.1 Å². The van der Waals surface area contributed by atoms with Crippen molar-refractivity contribution in [2.75, 3.05) is 13.1 Å². The number of carbonyl (C=O) groups is 2. The highest BCUT2D eigenvalue weighted by Gasteiger charge is 2.14. The van der Waals surface area contributed by atoms with Crippen molar-refractivity contribution in [2.24, 2.45) is 23.5 Å². The van der Waals surface area contributed by atoms with Crippen molar-refractivity contribution in [1.29, 1.82) is 0 Å². The van der Waals surface area contributed by atoms with Crippen LogP contribution in [0.3, 0.4) is 0 Å². The molecule has 0 aliphatic carbocycles. The van der Waals surface area contributed by atoms with Crippen LogP contribution in [0, 0.1) is 17.8 Å². The first-order valence-electron chi connectivity index (χ1n) is 7.55. The van der Waals surface area contributed by atoms with Crippen molar-refractivity contribution < 1.29 is 14.7 Å². The van der Waals surface area contributed by atoms with Gasteiger partial charge in [-0.25, -0.2) is 0 Å². The quantitative estimate of drug-likeness (QED) is 0.541. The summed E-state index contributed by atoms with van der Waals surface area (Å²) in [6.07, 6.45) is 3.10. The van der Waals surface area contributed by atoms with Gasteiger partial charge in [0.05, 0.1) is 0 Å². The zero-order valence-corrected chi connectivity index (χ0v) is 13.0. The Morgan fingerprint density at radius 1 is 1.10 bits per heavy atom. The molecule has 1 amide bonds. The van der Waals surface area contributed by atoms with E-state index in [0.717, 1.165) is 12.8 Å². The van der Waals surface area contributed by atoms with E-state index in [1.54, 1.807) is 0 Å². The van der Waals surface area contributed by atoms with E-state index in [1.807, 2.05) is 6.92 Å². The van der Waals surface area contributed by atoms with Gasteiger partial charge < -0.3 is 16.2 Å². The number of amides is 1. The lowest BCUT2D eigenvalue weighted by molar-refractivity contribution is -0.137. The van der Waals surface area contributed by atoms with E-state index in [4.69, 9.17) is 10.8 Å². The van der Waals surface area contributed by atoms with Crippen LogP contribution in [0.4, 0.5) is 0 Å². The standard InChI is InChI=1S/C15H30N2O3/c1-11(2)13(8-9-16)5-6-14(18)17-10-12(3)4-7-15(19)20/h11-13H,4-10,16H2,1-3H3,(H,17,18)(H,19,20). The third-order valence-corrected chi connectivity index (χ3v) is 3.72. The van der Waals surface area contributed by atoms with Gasteiger partial charge in [0.25, 0.3) is 0 Å². The highest BCUT2D eigenvalue weighted by Crippen LogP contribution is 2.20. The summed E-state index contributed by atoms with van der Waals surface area (Å²) in [4.78, 5) is 22.2. The Kier molecular flexibility index (Phi) is 10.1. The molecule has 118 valence electrons. The second kappa shape index (κ2) is 10.7. The van der Waals surface area contributed by atoms with Gasteiger partial charge in [0, 0.05) is 19.4 Å². The van der Waals surface area contributed by atoms with Gasteiger partial charge in [-0.05, 0) is 43.6 Å². The van der Waals surface area contributed by atoms with Gasteiger partial charge in [0.1, 0.15) is 0 Å². The zero-order valence-electron chi connectivity index (χ0n) is 13.0. The van der Waals surface area contributed by atoms with Crippen molar-refractivity contribution in [2.45, 2.75) is 52.9 Å². The van der Waals surface area contributed by atoms with Crippen molar-refractivity contribution in [1.82, 2.24) is 5.32 Å². The smallest absolute Gasteiger partial charge is 0.303 e. The fourth-order valence-electron chi connectivity index (χ4n) is 2.19. The van der Waals surface area contributed by atoms with Gasteiger partial charge >= 0.3 is 5.97 Å². The Bertz CT molecular complexity index is 293. The SMILES string of the molecule is CC(CCC(=O)O)CNC(=O)CCC(CCN)C(C)C. The van der Waals surface area contributed by atoms with E-state index >= 15 is 0 Å². The van der Waals surface area contributed by atoms with Gasteiger partial charge in [0.15, 0.2) is 0 Å². The number of aliphatic carboxylic acids is 1. The number of carbonyl (C=O) groups excluding carboxylic acids is 1. The van der Waals surface area contributed by atoms with E-state index in [-0.39, 0.29) is 18.2 Å². The average molecular weight is 286 g/mol. The summed E-state index contributed by atoms with van der Waals surface area (Å²) in [5, 5.41) is 11.5. The Labute approximate surface area is 122 Å². The summed E-state index contributed by atoms with van der Waals surface area (Å²) in [6, 6.07) is 0. The highest BCUT2D eigenvalue weighted by atomic mass is 16.4. The predicted molar refractivity (Wildman–Crippen MR) is 80.3 cm³/mol. The molecule has 5 nitrogen and oxygen atoms in total. The molecule has 0 aromatic heterocycles. The lowest BCUT2D eigenvalue weighted by Gasteiger charge is -2.20. The summed E-state index contributed by atoms with van der Waals surface area (Å²) in [6.45, 7) is 7.49. The summed E-state index contributed by atoms with van der Waals surface area (Å²) >= 11 is 0. The van der Waals surface area contributed by atoms with Gasteiger partial charge in [-0.15, -0.1) is 0 Å². The number of rotatable bonds is 11. The second-order valence-corrected chi connectivity index (χ2v) is 5.96. The van der Waals surface area contributed by atoms with Crippen LogP contribution in [0.1, 0.15) is 52.9 Å². The van der Waals surface area contributed by atoms with E-state index in [0.29, 0.717) is 37.8 Å². The summed E-state index contributed by atoms with van der Waals surface area (Å²) in [5.41, 5.74) is 5.58. The van der Waals surface area contributed by atoms with E-state index in [1.165, 1.54) is 0 Å². The minimum atomic E-state index is -0.787. The first-order valence-corrected chi connectivity index (χ1v) is 7.55. The number of carboxylic acids is 1. The Morgan fingerprint density at radius 2 is 1.75 bits per heavy atom. The maximum Gasteiger partial charge on any atom is 0.303 e. The van der Waals surface area contributed by atoms with Gasteiger partial charge in [-0.3, -0.25) is 9.59 Å². The highest BCUT2D eigenvalue weighted by molar-refractivity contribution is 5.75. The van der Waals surface area contributed by atoms with Crippen LogP contribution < -0.4 is 11.1 Å². The Hall–Kier alpha value is -1.10. The molecule has 0 spiro atoms. The number of hydrogen-bond donors (Lipinski definition) is 3. The molecule has 2 atom stereocenters. The minimum absolute atomic E-state index is 0.0508. The molecule has 0 saturated carbocycles. The molecule has 5 heteroatoms. The Morgan fingerprint density at radius 3 is 2.25 bits per heavy atom. The van der Waals surface area contributed by atoms with E-state index in [2.05, 4.69) is 19.2 Å². The largest absolute Gasteiger partial charge is 0.481 e. The molecule has 0 heterocycles. The molecular weight excluding hydrogens is 256 g/mol. The molecule has 4 N–H and O–H groups in total. The lowest BCUT2D eigenvalue weighted by Crippen LogP contribution is -2.29. The molecule has 0 saturated heterocycles. The zero-order chi connectivity index (χ0) is 15.5. The molecule has 20 heavy (non-hydrogen) atoms. The number of hydrogen-bond acceptors (Lipinski definition) is 3. The molecule has 0 rings (SSSR count). The normalized spacial score (nSPS) is 14.1. The number of carboxylic acid groups (broad SMARTS) is 1. The third-order valence-electron chi connectivity index (χ3n) is 3.72. The second-order valence-electron chi connectivity index (χ2n) is 5.96. The van der Waals surface area contributed by atoms with Crippen LogP contribution in [-0.2, 0) is 9.59 Å². The Balaban J connectivity index is 3.84. The molecule has 0 aromatic rings. The maximum absolute atomic E-state index is 11.8. The van der Waals surface area contributed by atoms with Crippen LogP contribution in [0.25, 0.3) is 0 Å². The predicted octanol–water partition coefficient (Wildman–Crippen LogP) is 2.00. The van der Waals surface area contributed by atoms with Gasteiger partial charge in [-0.1, -0.05) is 20.8 Å².